The first-order valence-electron chi connectivity index (χ1n) is 7.58. The third-order valence-electron chi connectivity index (χ3n) is 4.07. The van der Waals surface area contributed by atoms with Crippen molar-refractivity contribution in [3.05, 3.63) is 60.7 Å². The second-order valence-corrected chi connectivity index (χ2v) is 7.28. The molecule has 0 amide bonds. The van der Waals surface area contributed by atoms with Crippen molar-refractivity contribution in [2.45, 2.75) is 4.90 Å². The Labute approximate surface area is 144 Å². The first kappa shape index (κ1) is 15.6. The van der Waals surface area contributed by atoms with Gasteiger partial charge in [-0.2, -0.15) is 0 Å². The van der Waals surface area contributed by atoms with Gasteiger partial charge in [-0.05, 0) is 30.3 Å². The van der Waals surface area contributed by atoms with E-state index in [-0.39, 0.29) is 4.90 Å². The van der Waals surface area contributed by atoms with Gasteiger partial charge in [-0.1, -0.05) is 30.3 Å². The van der Waals surface area contributed by atoms with Gasteiger partial charge in [-0.15, -0.1) is 0 Å². The lowest BCUT2D eigenvalue weighted by Gasteiger charge is -2.01. The molecular weight excluding hydrogens is 338 g/mol. The fraction of sp³-hybridized carbons (Fsp3) is 0.0556. The van der Waals surface area contributed by atoms with Gasteiger partial charge in [0.25, 0.3) is 0 Å². The van der Waals surface area contributed by atoms with Gasteiger partial charge in [0.1, 0.15) is 5.76 Å². The molecule has 25 heavy (non-hydrogen) atoms. The van der Waals surface area contributed by atoms with Crippen LogP contribution in [0.5, 0.6) is 0 Å². The van der Waals surface area contributed by atoms with Crippen molar-refractivity contribution < 1.29 is 12.8 Å². The van der Waals surface area contributed by atoms with Gasteiger partial charge >= 0.3 is 0 Å². The minimum atomic E-state index is -3.76. The molecule has 0 aliphatic rings. The highest BCUT2D eigenvalue weighted by molar-refractivity contribution is 7.89. The molecule has 6 nitrogen and oxygen atoms in total. The largest absolute Gasteiger partial charge is 0.453 e. The van der Waals surface area contributed by atoms with Crippen molar-refractivity contribution in [1.82, 2.24) is 9.55 Å². The van der Waals surface area contributed by atoms with Crippen LogP contribution in [0.15, 0.2) is 70.0 Å². The van der Waals surface area contributed by atoms with Crippen LogP contribution < -0.4 is 5.14 Å². The van der Waals surface area contributed by atoms with E-state index in [0.29, 0.717) is 22.6 Å². The van der Waals surface area contributed by atoms with Crippen LogP contribution in [0.1, 0.15) is 0 Å². The molecule has 0 atom stereocenters. The van der Waals surface area contributed by atoms with Crippen molar-refractivity contribution in [2.24, 2.45) is 12.2 Å². The lowest BCUT2D eigenvalue weighted by atomic mass is 10.2. The third-order valence-corrected chi connectivity index (χ3v) is 4.98. The van der Waals surface area contributed by atoms with Gasteiger partial charge in [-0.3, -0.25) is 0 Å². The first-order chi connectivity index (χ1) is 11.9. The van der Waals surface area contributed by atoms with Crippen molar-refractivity contribution in [2.75, 3.05) is 0 Å². The standard InChI is InChI=1S/C18H15N3O3S/c1-21-15-11-13(25(19,22)23)7-8-14(15)20-18(21)17-10-9-16(24-17)12-5-3-2-4-6-12/h2-11H,1H3,(H2,19,22,23). The average molecular weight is 353 g/mol. The topological polar surface area (TPSA) is 91.1 Å². The molecule has 0 saturated heterocycles. The lowest BCUT2D eigenvalue weighted by Crippen LogP contribution is -2.11. The molecule has 4 rings (SSSR count). The van der Waals surface area contributed by atoms with E-state index in [1.807, 2.05) is 49.5 Å². The predicted octanol–water partition coefficient (Wildman–Crippen LogP) is 3.15. The maximum absolute atomic E-state index is 11.6. The Bertz CT molecular complexity index is 1170. The Balaban J connectivity index is 1.83. The van der Waals surface area contributed by atoms with E-state index in [0.717, 1.165) is 11.3 Å². The Morgan fingerprint density at radius 3 is 2.44 bits per heavy atom. The number of imidazole rings is 1. The van der Waals surface area contributed by atoms with Crippen molar-refractivity contribution in [3.63, 3.8) is 0 Å². The number of aryl methyl sites for hydroxylation is 1. The summed E-state index contributed by atoms with van der Waals surface area (Å²) in [6.45, 7) is 0. The first-order valence-corrected chi connectivity index (χ1v) is 9.13. The average Bonchev–Trinajstić information content (AvgIpc) is 3.20. The Morgan fingerprint density at radius 1 is 1.00 bits per heavy atom. The summed E-state index contributed by atoms with van der Waals surface area (Å²) in [6.07, 6.45) is 0. The molecule has 0 radical (unpaired) electrons. The molecule has 2 heterocycles. The third kappa shape index (κ3) is 2.73. The number of nitrogens with zero attached hydrogens (tertiary/aromatic N) is 2. The van der Waals surface area contributed by atoms with Crippen LogP contribution in [-0.4, -0.2) is 18.0 Å². The summed E-state index contributed by atoms with van der Waals surface area (Å²) in [4.78, 5) is 4.60. The fourth-order valence-corrected chi connectivity index (χ4v) is 3.32. The van der Waals surface area contributed by atoms with E-state index in [1.165, 1.54) is 12.1 Å². The summed E-state index contributed by atoms with van der Waals surface area (Å²) in [5.74, 6) is 1.96. The molecule has 0 bridgehead atoms. The summed E-state index contributed by atoms with van der Waals surface area (Å²) in [5.41, 5.74) is 2.31. The second-order valence-electron chi connectivity index (χ2n) is 5.72. The van der Waals surface area contributed by atoms with Crippen LogP contribution in [0.3, 0.4) is 0 Å². The Hall–Kier alpha value is -2.90. The SMILES string of the molecule is Cn1c(-c2ccc(-c3ccccc3)o2)nc2ccc(S(N)(=O)=O)cc21. The Morgan fingerprint density at radius 2 is 1.72 bits per heavy atom. The highest BCUT2D eigenvalue weighted by atomic mass is 32.2. The van der Waals surface area contributed by atoms with Crippen LogP contribution in [0.2, 0.25) is 0 Å². The molecule has 126 valence electrons. The number of primary sulfonamides is 1. The highest BCUT2D eigenvalue weighted by Gasteiger charge is 2.16. The van der Waals surface area contributed by atoms with E-state index in [2.05, 4.69) is 4.98 Å². The molecule has 2 aromatic carbocycles. The lowest BCUT2D eigenvalue weighted by molar-refractivity contribution is 0.589. The molecule has 7 heteroatoms. The summed E-state index contributed by atoms with van der Waals surface area (Å²) < 4.78 is 30.8. The molecule has 0 fully saturated rings. The molecule has 0 aliphatic carbocycles. The minimum absolute atomic E-state index is 0.0546. The fourth-order valence-electron chi connectivity index (χ4n) is 2.78. The molecule has 4 aromatic rings. The number of aromatic nitrogens is 2. The van der Waals surface area contributed by atoms with Gasteiger partial charge in [0.2, 0.25) is 10.0 Å². The van der Waals surface area contributed by atoms with E-state index in [1.54, 1.807) is 10.6 Å². The van der Waals surface area contributed by atoms with E-state index in [4.69, 9.17) is 9.56 Å². The van der Waals surface area contributed by atoms with Gasteiger partial charge in [0.15, 0.2) is 11.6 Å². The summed E-state index contributed by atoms with van der Waals surface area (Å²) in [6, 6.07) is 18.1. The number of hydrogen-bond acceptors (Lipinski definition) is 4. The summed E-state index contributed by atoms with van der Waals surface area (Å²) in [7, 11) is -1.96. The maximum atomic E-state index is 11.6. The van der Waals surface area contributed by atoms with E-state index in [9.17, 15) is 8.42 Å². The predicted molar refractivity (Wildman–Crippen MR) is 95.2 cm³/mol. The normalized spacial score (nSPS) is 11.9. The van der Waals surface area contributed by atoms with Gasteiger partial charge < -0.3 is 8.98 Å². The monoisotopic (exact) mass is 353 g/mol. The van der Waals surface area contributed by atoms with Gasteiger partial charge in [-0.25, -0.2) is 18.5 Å². The summed E-state index contributed by atoms with van der Waals surface area (Å²) >= 11 is 0. The molecular formula is C18H15N3O3S. The van der Waals surface area contributed by atoms with E-state index >= 15 is 0 Å². The zero-order valence-electron chi connectivity index (χ0n) is 13.4. The molecule has 0 saturated carbocycles. The number of rotatable bonds is 3. The zero-order chi connectivity index (χ0) is 17.6. The molecule has 2 N–H and O–H groups in total. The Kier molecular flexibility index (Phi) is 3.48. The van der Waals surface area contributed by atoms with Crippen molar-refractivity contribution >= 4 is 21.1 Å². The molecule has 2 aromatic heterocycles. The number of nitrogens with two attached hydrogens (primary N) is 1. The van der Waals surface area contributed by atoms with Gasteiger partial charge in [0.05, 0.1) is 15.9 Å². The summed E-state index contributed by atoms with van der Waals surface area (Å²) in [5, 5.41) is 5.21. The number of sulfonamides is 1. The van der Waals surface area contributed by atoms with Crippen LogP contribution in [0.4, 0.5) is 0 Å². The highest BCUT2D eigenvalue weighted by Crippen LogP contribution is 2.30. The van der Waals surface area contributed by atoms with Crippen LogP contribution >= 0.6 is 0 Å². The minimum Gasteiger partial charge on any atom is -0.453 e. The van der Waals surface area contributed by atoms with Gasteiger partial charge in [0, 0.05) is 12.6 Å². The molecule has 0 aliphatic heterocycles. The maximum Gasteiger partial charge on any atom is 0.238 e. The quantitative estimate of drug-likeness (QED) is 0.612. The molecule has 0 spiro atoms. The second kappa shape index (κ2) is 5.58. The van der Waals surface area contributed by atoms with Crippen LogP contribution in [0, 0.1) is 0 Å². The van der Waals surface area contributed by atoms with Crippen molar-refractivity contribution in [3.8, 4) is 22.9 Å². The van der Waals surface area contributed by atoms with Crippen LogP contribution in [0.25, 0.3) is 33.9 Å². The molecule has 0 unspecified atom stereocenters. The zero-order valence-corrected chi connectivity index (χ0v) is 14.2. The van der Waals surface area contributed by atoms with Crippen LogP contribution in [-0.2, 0) is 17.1 Å². The number of benzene rings is 2. The smallest absolute Gasteiger partial charge is 0.238 e. The van der Waals surface area contributed by atoms with E-state index < -0.39 is 10.0 Å². The van der Waals surface area contributed by atoms with Crippen molar-refractivity contribution in [1.29, 1.82) is 0 Å². The number of furan rings is 1. The number of hydrogen-bond donors (Lipinski definition) is 1. The number of fused-ring (bicyclic) bond motifs is 1.